The van der Waals surface area contributed by atoms with Crippen LogP contribution >= 0.6 is 0 Å². The number of benzene rings is 1. The standard InChI is InChI=1S/C13H18FN3O4/c1-8(2)21-7-6-16(3)13(18)11-9(14)4-5-10(12(11)15)17(19)20/h4-5,8H,6-7,15H2,1-3H3. The second kappa shape index (κ2) is 6.98. The minimum absolute atomic E-state index is 0.00752. The first-order valence-electron chi connectivity index (χ1n) is 6.35. The van der Waals surface area contributed by atoms with Gasteiger partial charge in [-0.05, 0) is 19.9 Å². The topological polar surface area (TPSA) is 98.7 Å². The number of nitro groups is 1. The zero-order valence-electron chi connectivity index (χ0n) is 12.1. The molecule has 8 heteroatoms. The fraction of sp³-hybridized carbons (Fsp3) is 0.462. The highest BCUT2D eigenvalue weighted by Gasteiger charge is 2.25. The summed E-state index contributed by atoms with van der Waals surface area (Å²) in [5.74, 6) is -1.61. The molecule has 0 spiro atoms. The van der Waals surface area contributed by atoms with E-state index in [1.165, 1.54) is 11.9 Å². The van der Waals surface area contributed by atoms with Crippen molar-refractivity contribution in [2.45, 2.75) is 20.0 Å². The second-order valence-electron chi connectivity index (χ2n) is 4.76. The molecular weight excluding hydrogens is 281 g/mol. The van der Waals surface area contributed by atoms with Crippen molar-refractivity contribution >= 4 is 17.3 Å². The number of hydrogen-bond donors (Lipinski definition) is 1. The molecule has 7 nitrogen and oxygen atoms in total. The molecule has 0 atom stereocenters. The Kier molecular flexibility index (Phi) is 5.60. The summed E-state index contributed by atoms with van der Waals surface area (Å²) in [7, 11) is 1.45. The van der Waals surface area contributed by atoms with Crippen molar-refractivity contribution in [1.82, 2.24) is 4.90 Å². The van der Waals surface area contributed by atoms with Crippen LogP contribution in [0.2, 0.25) is 0 Å². The monoisotopic (exact) mass is 299 g/mol. The van der Waals surface area contributed by atoms with Crippen LogP contribution in [0.1, 0.15) is 24.2 Å². The average Bonchev–Trinajstić information content (AvgIpc) is 2.37. The number of nitrogen functional groups attached to an aromatic ring is 1. The van der Waals surface area contributed by atoms with Gasteiger partial charge in [-0.3, -0.25) is 14.9 Å². The lowest BCUT2D eigenvalue weighted by Gasteiger charge is -2.19. The van der Waals surface area contributed by atoms with Gasteiger partial charge in [-0.2, -0.15) is 0 Å². The van der Waals surface area contributed by atoms with Crippen molar-refractivity contribution in [2.75, 3.05) is 25.9 Å². The highest BCUT2D eigenvalue weighted by molar-refractivity contribution is 6.01. The number of rotatable bonds is 6. The number of carbonyl (C=O) groups is 1. The van der Waals surface area contributed by atoms with Crippen molar-refractivity contribution < 1.29 is 18.8 Å². The molecule has 0 saturated heterocycles. The Morgan fingerprint density at radius 1 is 1.52 bits per heavy atom. The molecule has 0 aromatic heterocycles. The molecule has 0 aliphatic carbocycles. The number of anilines is 1. The first-order chi connectivity index (χ1) is 9.75. The molecule has 2 N–H and O–H groups in total. The molecule has 0 fully saturated rings. The van der Waals surface area contributed by atoms with Gasteiger partial charge in [-0.25, -0.2) is 4.39 Å². The smallest absolute Gasteiger partial charge is 0.293 e. The quantitative estimate of drug-likeness (QED) is 0.490. The van der Waals surface area contributed by atoms with Gasteiger partial charge in [0.1, 0.15) is 17.1 Å². The molecule has 1 amide bonds. The molecule has 0 radical (unpaired) electrons. The number of amides is 1. The third kappa shape index (κ3) is 4.12. The lowest BCUT2D eigenvalue weighted by atomic mass is 10.1. The number of nitro benzene ring substituents is 1. The summed E-state index contributed by atoms with van der Waals surface area (Å²) in [5.41, 5.74) is 4.09. The van der Waals surface area contributed by atoms with Crippen LogP contribution in [0, 0.1) is 15.9 Å². The first kappa shape index (κ1) is 16.8. The van der Waals surface area contributed by atoms with Crippen LogP contribution in [0.3, 0.4) is 0 Å². The average molecular weight is 299 g/mol. The fourth-order valence-electron chi connectivity index (χ4n) is 1.68. The molecular formula is C13H18FN3O4. The zero-order chi connectivity index (χ0) is 16.2. The maximum Gasteiger partial charge on any atom is 0.293 e. The molecule has 0 unspecified atom stereocenters. The van der Waals surface area contributed by atoms with Crippen molar-refractivity contribution in [1.29, 1.82) is 0 Å². The van der Waals surface area contributed by atoms with Gasteiger partial charge >= 0.3 is 0 Å². The van der Waals surface area contributed by atoms with E-state index in [9.17, 15) is 19.3 Å². The van der Waals surface area contributed by atoms with Crippen LogP contribution < -0.4 is 5.73 Å². The molecule has 0 bridgehead atoms. The second-order valence-corrected chi connectivity index (χ2v) is 4.76. The Hall–Kier alpha value is -2.22. The fourth-order valence-corrected chi connectivity index (χ4v) is 1.68. The molecule has 1 aromatic rings. The van der Waals surface area contributed by atoms with E-state index in [1.54, 1.807) is 0 Å². The largest absolute Gasteiger partial charge is 0.392 e. The van der Waals surface area contributed by atoms with Gasteiger partial charge in [-0.15, -0.1) is 0 Å². The lowest BCUT2D eigenvalue weighted by Crippen LogP contribution is -2.32. The third-order valence-corrected chi connectivity index (χ3v) is 2.81. The summed E-state index contributed by atoms with van der Waals surface area (Å²) in [6.07, 6.45) is 0.00752. The predicted molar refractivity (Wildman–Crippen MR) is 75.5 cm³/mol. The Morgan fingerprint density at radius 3 is 2.67 bits per heavy atom. The van der Waals surface area contributed by atoms with E-state index in [2.05, 4.69) is 0 Å². The zero-order valence-corrected chi connectivity index (χ0v) is 12.1. The van der Waals surface area contributed by atoms with Crippen LogP contribution in [-0.2, 0) is 4.74 Å². The van der Waals surface area contributed by atoms with Crippen LogP contribution in [0.15, 0.2) is 12.1 Å². The Labute approximate surface area is 121 Å². The molecule has 21 heavy (non-hydrogen) atoms. The van der Waals surface area contributed by atoms with Crippen LogP contribution in [-0.4, -0.2) is 42.0 Å². The van der Waals surface area contributed by atoms with E-state index in [4.69, 9.17) is 10.5 Å². The maximum atomic E-state index is 13.8. The first-order valence-corrected chi connectivity index (χ1v) is 6.35. The third-order valence-electron chi connectivity index (χ3n) is 2.81. The van der Waals surface area contributed by atoms with E-state index in [-0.39, 0.29) is 19.3 Å². The van der Waals surface area contributed by atoms with E-state index < -0.39 is 33.6 Å². The van der Waals surface area contributed by atoms with Crippen molar-refractivity contribution in [3.8, 4) is 0 Å². The van der Waals surface area contributed by atoms with Gasteiger partial charge in [0, 0.05) is 19.7 Å². The van der Waals surface area contributed by atoms with Gasteiger partial charge in [0.05, 0.1) is 17.6 Å². The summed E-state index contributed by atoms with van der Waals surface area (Å²) < 4.78 is 19.1. The summed E-state index contributed by atoms with van der Waals surface area (Å²) in [6, 6.07) is 1.80. The molecule has 1 rings (SSSR count). The number of halogens is 1. The van der Waals surface area contributed by atoms with Gasteiger partial charge in [-0.1, -0.05) is 0 Å². The number of nitrogens with zero attached hydrogens (tertiary/aromatic N) is 2. The number of nitrogens with two attached hydrogens (primary N) is 1. The minimum Gasteiger partial charge on any atom is -0.392 e. The minimum atomic E-state index is -0.889. The lowest BCUT2D eigenvalue weighted by molar-refractivity contribution is -0.384. The number of hydrogen-bond acceptors (Lipinski definition) is 5. The van der Waals surface area contributed by atoms with Gasteiger partial charge in [0.15, 0.2) is 0 Å². The summed E-state index contributed by atoms with van der Waals surface area (Å²) in [4.78, 5) is 23.4. The summed E-state index contributed by atoms with van der Waals surface area (Å²) >= 11 is 0. The van der Waals surface area contributed by atoms with E-state index in [0.29, 0.717) is 0 Å². The summed E-state index contributed by atoms with van der Waals surface area (Å²) in [6.45, 7) is 4.19. The van der Waals surface area contributed by atoms with E-state index >= 15 is 0 Å². The van der Waals surface area contributed by atoms with Crippen LogP contribution in [0.25, 0.3) is 0 Å². The molecule has 116 valence electrons. The predicted octanol–water partition coefficient (Wildman–Crippen LogP) is 1.81. The van der Waals surface area contributed by atoms with E-state index in [1.807, 2.05) is 13.8 Å². The van der Waals surface area contributed by atoms with Crippen molar-refractivity contribution in [2.24, 2.45) is 0 Å². The SMILES string of the molecule is CC(C)OCCN(C)C(=O)c1c(F)ccc([N+](=O)[O-])c1N. The maximum absolute atomic E-state index is 13.8. The van der Waals surface area contributed by atoms with Gasteiger partial charge in [0.2, 0.25) is 0 Å². The molecule has 0 aliphatic heterocycles. The van der Waals surface area contributed by atoms with Crippen LogP contribution in [0.5, 0.6) is 0 Å². The molecule has 0 saturated carbocycles. The number of ether oxygens (including phenoxy) is 1. The molecule has 0 heterocycles. The Bertz CT molecular complexity index is 548. The highest BCUT2D eigenvalue weighted by Crippen LogP contribution is 2.28. The summed E-state index contributed by atoms with van der Waals surface area (Å²) in [5, 5.41) is 10.8. The molecule has 1 aromatic carbocycles. The van der Waals surface area contributed by atoms with Crippen molar-refractivity contribution in [3.05, 3.63) is 33.6 Å². The highest BCUT2D eigenvalue weighted by atomic mass is 19.1. The van der Waals surface area contributed by atoms with Crippen LogP contribution in [0.4, 0.5) is 15.8 Å². The Balaban J connectivity index is 2.96. The number of likely N-dealkylation sites (N-methyl/N-ethyl adjacent to an activating group) is 1. The molecule has 0 aliphatic rings. The van der Waals surface area contributed by atoms with Crippen molar-refractivity contribution in [3.63, 3.8) is 0 Å². The Morgan fingerprint density at radius 2 is 2.14 bits per heavy atom. The van der Waals surface area contributed by atoms with Gasteiger partial charge < -0.3 is 15.4 Å². The van der Waals surface area contributed by atoms with Gasteiger partial charge in [0.25, 0.3) is 11.6 Å². The number of carbonyl (C=O) groups excluding carboxylic acids is 1. The normalized spacial score (nSPS) is 10.7. The van der Waals surface area contributed by atoms with E-state index in [0.717, 1.165) is 12.1 Å².